The van der Waals surface area contributed by atoms with Crippen LogP contribution >= 0.6 is 0 Å². The third-order valence-electron chi connectivity index (χ3n) is 3.52. The first-order chi connectivity index (χ1) is 8.34. The van der Waals surface area contributed by atoms with Crippen molar-refractivity contribution in [3.63, 3.8) is 0 Å². The number of halogens is 2. The zero-order chi connectivity index (χ0) is 13.5. The maximum atomic E-state index is 13.5. The minimum atomic E-state index is -3.15. The predicted octanol–water partition coefficient (Wildman–Crippen LogP) is 2.51. The van der Waals surface area contributed by atoms with Crippen LogP contribution in [0.1, 0.15) is 18.9 Å². The fourth-order valence-corrected chi connectivity index (χ4v) is 3.86. The lowest BCUT2D eigenvalue weighted by molar-refractivity contribution is -0.110. The molecular weight excluding hydrogens is 258 g/mol. The topological polar surface area (TPSA) is 37.3 Å². The average molecular weight is 274 g/mol. The molecule has 0 aliphatic heterocycles. The van der Waals surface area contributed by atoms with Gasteiger partial charge in [-0.1, -0.05) is 24.6 Å². The van der Waals surface area contributed by atoms with Crippen LogP contribution in [0.2, 0.25) is 0 Å². The van der Waals surface area contributed by atoms with Gasteiger partial charge in [-0.25, -0.2) is 8.78 Å². The fraction of sp³-hybridized carbons (Fsp3) is 0.538. The largest absolute Gasteiger partial charge is 0.386 e. The molecule has 0 aromatic heterocycles. The van der Waals surface area contributed by atoms with Gasteiger partial charge in [-0.15, -0.1) is 0 Å². The molecule has 1 saturated carbocycles. The highest BCUT2D eigenvalue weighted by atomic mass is 32.2. The van der Waals surface area contributed by atoms with E-state index in [0.29, 0.717) is 4.90 Å². The Kier molecular flexibility index (Phi) is 3.56. The summed E-state index contributed by atoms with van der Waals surface area (Å²) >= 11 is 0. The fourth-order valence-electron chi connectivity index (χ4n) is 2.23. The van der Waals surface area contributed by atoms with E-state index < -0.39 is 34.0 Å². The van der Waals surface area contributed by atoms with Gasteiger partial charge in [0.2, 0.25) is 0 Å². The summed E-state index contributed by atoms with van der Waals surface area (Å²) in [6.07, 6.45) is -1.75. The van der Waals surface area contributed by atoms with E-state index in [1.165, 1.54) is 6.92 Å². The summed E-state index contributed by atoms with van der Waals surface area (Å²) in [6.45, 7) is 3.28. The molecule has 0 radical (unpaired) electrons. The summed E-state index contributed by atoms with van der Waals surface area (Å²) < 4.78 is 39.3. The van der Waals surface area contributed by atoms with Crippen molar-refractivity contribution in [2.75, 3.05) is 0 Å². The van der Waals surface area contributed by atoms with Crippen molar-refractivity contribution in [2.45, 2.75) is 42.4 Å². The molecule has 1 aliphatic rings. The molecule has 18 heavy (non-hydrogen) atoms. The maximum Gasteiger partial charge on any atom is 0.277 e. The number of alkyl halides is 2. The molecule has 0 saturated heterocycles. The second kappa shape index (κ2) is 4.70. The predicted molar refractivity (Wildman–Crippen MR) is 66.1 cm³/mol. The van der Waals surface area contributed by atoms with Gasteiger partial charge < -0.3 is 5.11 Å². The van der Waals surface area contributed by atoms with Crippen molar-refractivity contribution in [2.24, 2.45) is 5.92 Å². The van der Waals surface area contributed by atoms with Crippen molar-refractivity contribution in [3.8, 4) is 0 Å². The van der Waals surface area contributed by atoms with Crippen molar-refractivity contribution in [3.05, 3.63) is 29.8 Å². The molecule has 0 spiro atoms. The number of hydrogen-bond donors (Lipinski definition) is 1. The summed E-state index contributed by atoms with van der Waals surface area (Å²) in [4.78, 5) is 0.495. The molecule has 2 rings (SSSR count). The first-order valence-electron chi connectivity index (χ1n) is 5.87. The van der Waals surface area contributed by atoms with E-state index in [2.05, 4.69) is 0 Å². The zero-order valence-electron chi connectivity index (χ0n) is 10.3. The molecule has 1 aliphatic carbocycles. The number of aryl methyl sites for hydroxylation is 1. The van der Waals surface area contributed by atoms with E-state index >= 15 is 0 Å². The van der Waals surface area contributed by atoms with Gasteiger partial charge in [0.25, 0.3) is 5.92 Å². The van der Waals surface area contributed by atoms with Gasteiger partial charge in [0, 0.05) is 10.8 Å². The molecule has 5 heteroatoms. The van der Waals surface area contributed by atoms with Crippen molar-refractivity contribution in [1.82, 2.24) is 0 Å². The van der Waals surface area contributed by atoms with Crippen LogP contribution in [0.5, 0.6) is 0 Å². The number of aliphatic hydroxyl groups is 1. The molecule has 100 valence electrons. The van der Waals surface area contributed by atoms with Crippen molar-refractivity contribution < 1.29 is 18.1 Å². The highest BCUT2D eigenvalue weighted by molar-refractivity contribution is 7.85. The first kappa shape index (κ1) is 13.6. The number of benzene rings is 1. The van der Waals surface area contributed by atoms with Gasteiger partial charge in [0.05, 0.1) is 16.0 Å². The van der Waals surface area contributed by atoms with E-state index in [-0.39, 0.29) is 6.42 Å². The molecule has 2 nitrogen and oxygen atoms in total. The summed E-state index contributed by atoms with van der Waals surface area (Å²) in [7, 11) is -1.59. The molecule has 1 fully saturated rings. The summed E-state index contributed by atoms with van der Waals surface area (Å²) in [5, 5.41) is 8.74. The highest BCUT2D eigenvalue weighted by Gasteiger charge is 2.56. The SMILES string of the molecule is Cc1ccc(S(=O)[C@@H]2C[C@@H](C)C(F)(F)[C@@H]2O)cc1. The zero-order valence-corrected chi connectivity index (χ0v) is 11.1. The molecule has 1 aromatic rings. The molecule has 0 bridgehead atoms. The summed E-state index contributed by atoms with van der Waals surface area (Å²) in [5.41, 5.74) is 1.02. The molecular formula is C13H16F2O2S. The van der Waals surface area contributed by atoms with Gasteiger partial charge in [-0.2, -0.15) is 0 Å². The van der Waals surface area contributed by atoms with Crippen molar-refractivity contribution in [1.29, 1.82) is 0 Å². The van der Waals surface area contributed by atoms with Gasteiger partial charge >= 0.3 is 0 Å². The molecule has 0 heterocycles. The van der Waals surface area contributed by atoms with Gasteiger partial charge in [-0.05, 0) is 25.5 Å². The maximum absolute atomic E-state index is 13.5. The lowest BCUT2D eigenvalue weighted by Gasteiger charge is -2.20. The van der Waals surface area contributed by atoms with Crippen LogP contribution in [0.25, 0.3) is 0 Å². The Hall–Kier alpha value is -0.810. The Morgan fingerprint density at radius 2 is 1.89 bits per heavy atom. The Balaban J connectivity index is 2.23. The third kappa shape index (κ3) is 2.21. The van der Waals surface area contributed by atoms with Crippen molar-refractivity contribution >= 4 is 10.8 Å². The molecule has 1 aromatic carbocycles. The molecule has 0 amide bonds. The van der Waals surface area contributed by atoms with E-state index in [9.17, 15) is 18.1 Å². The third-order valence-corrected chi connectivity index (χ3v) is 5.25. The van der Waals surface area contributed by atoms with Crippen LogP contribution in [-0.2, 0) is 10.8 Å². The van der Waals surface area contributed by atoms with E-state index in [1.807, 2.05) is 6.92 Å². The van der Waals surface area contributed by atoms with Crippen LogP contribution in [0, 0.1) is 12.8 Å². The van der Waals surface area contributed by atoms with E-state index in [0.717, 1.165) is 5.56 Å². The van der Waals surface area contributed by atoms with Crippen LogP contribution < -0.4 is 0 Å². The molecule has 4 atom stereocenters. The minimum Gasteiger partial charge on any atom is -0.386 e. The van der Waals surface area contributed by atoms with Crippen LogP contribution in [-0.4, -0.2) is 26.6 Å². The van der Waals surface area contributed by atoms with Crippen LogP contribution in [0.3, 0.4) is 0 Å². The Morgan fingerprint density at radius 3 is 2.33 bits per heavy atom. The highest BCUT2D eigenvalue weighted by Crippen LogP contribution is 2.43. The van der Waals surface area contributed by atoms with E-state index in [4.69, 9.17) is 0 Å². The first-order valence-corrected chi connectivity index (χ1v) is 7.08. The lowest BCUT2D eigenvalue weighted by atomic mass is 10.1. The van der Waals surface area contributed by atoms with Crippen LogP contribution in [0.15, 0.2) is 29.2 Å². The van der Waals surface area contributed by atoms with Gasteiger partial charge in [0.15, 0.2) is 0 Å². The van der Waals surface area contributed by atoms with E-state index in [1.54, 1.807) is 24.3 Å². The summed E-state index contributed by atoms with van der Waals surface area (Å²) in [6, 6.07) is 6.91. The smallest absolute Gasteiger partial charge is 0.277 e. The second-order valence-corrected chi connectivity index (χ2v) is 6.58. The second-order valence-electron chi connectivity index (χ2n) is 4.91. The Bertz CT molecular complexity index is 459. The Morgan fingerprint density at radius 1 is 1.33 bits per heavy atom. The average Bonchev–Trinajstić information content (AvgIpc) is 2.53. The van der Waals surface area contributed by atoms with Gasteiger partial charge in [-0.3, -0.25) is 4.21 Å². The molecule has 1 N–H and O–H groups in total. The molecule has 1 unspecified atom stereocenters. The Labute approximate surface area is 107 Å². The van der Waals surface area contributed by atoms with Gasteiger partial charge in [0.1, 0.15) is 6.10 Å². The van der Waals surface area contributed by atoms with Crippen LogP contribution in [0.4, 0.5) is 8.78 Å². The number of aliphatic hydroxyl groups excluding tert-OH is 1. The number of hydrogen-bond acceptors (Lipinski definition) is 2. The normalized spacial score (nSPS) is 32.4. The quantitative estimate of drug-likeness (QED) is 0.899. The number of rotatable bonds is 2. The standard InChI is InChI=1S/C13H16F2O2S/c1-8-3-5-10(6-4-8)18(17)11-7-9(2)13(14,15)12(11)16/h3-6,9,11-12,16H,7H2,1-2H3/t9-,11-,12-,18?/m1/s1. The summed E-state index contributed by atoms with van der Waals surface area (Å²) in [5.74, 6) is -4.09. The lowest BCUT2D eigenvalue weighted by Crippen LogP contribution is -2.38. The minimum absolute atomic E-state index is 0.0780. The monoisotopic (exact) mass is 274 g/mol.